The molecule has 1 N–H and O–H groups in total. The van der Waals surface area contributed by atoms with E-state index < -0.39 is 0 Å². The molecule has 0 saturated heterocycles. The van der Waals surface area contributed by atoms with E-state index in [0.29, 0.717) is 0 Å². The zero-order chi connectivity index (χ0) is 10.9. The summed E-state index contributed by atoms with van der Waals surface area (Å²) in [5, 5.41) is 7.09. The van der Waals surface area contributed by atoms with Crippen molar-refractivity contribution in [2.75, 3.05) is 0 Å². The van der Waals surface area contributed by atoms with Crippen LogP contribution in [0.2, 0.25) is 0 Å². The lowest BCUT2D eigenvalue weighted by atomic mass is 10.0. The number of nitrogens with one attached hydrogen (secondary N) is 1. The fourth-order valence-electron chi connectivity index (χ4n) is 1.38. The largest absolute Gasteiger partial charge is 0.306 e. The molecule has 0 aromatic carbocycles. The monoisotopic (exact) mass is 224 g/mol. The Morgan fingerprint density at radius 3 is 2.87 bits per heavy atom. The van der Waals surface area contributed by atoms with Gasteiger partial charge in [-0.25, -0.2) is 4.98 Å². The van der Waals surface area contributed by atoms with Crippen LogP contribution < -0.4 is 5.32 Å². The molecule has 1 heterocycles. The summed E-state index contributed by atoms with van der Waals surface area (Å²) in [6.45, 7) is 7.59. The van der Waals surface area contributed by atoms with Gasteiger partial charge in [-0.2, -0.15) is 0 Å². The van der Waals surface area contributed by atoms with Gasteiger partial charge in [0, 0.05) is 23.4 Å². The molecule has 1 aromatic rings. The van der Waals surface area contributed by atoms with Crippen molar-refractivity contribution in [3.05, 3.63) is 16.1 Å². The first-order chi connectivity index (χ1) is 7.11. The fraction of sp³-hybridized carbons (Fsp3) is 0.750. The molecule has 0 radical (unpaired) electrons. The van der Waals surface area contributed by atoms with Gasteiger partial charge in [-0.3, -0.25) is 0 Å². The molecular formula is C12H20N2S. The second-order valence-electron chi connectivity index (χ2n) is 5.04. The summed E-state index contributed by atoms with van der Waals surface area (Å²) >= 11 is 1.83. The lowest BCUT2D eigenvalue weighted by Crippen LogP contribution is -2.37. The van der Waals surface area contributed by atoms with Gasteiger partial charge in [0.05, 0.1) is 10.7 Å². The zero-order valence-electron chi connectivity index (χ0n) is 9.84. The van der Waals surface area contributed by atoms with E-state index in [9.17, 15) is 0 Å². The topological polar surface area (TPSA) is 24.9 Å². The number of hydrogen-bond acceptors (Lipinski definition) is 3. The number of aromatic nitrogens is 1. The van der Waals surface area contributed by atoms with Gasteiger partial charge in [0.25, 0.3) is 0 Å². The smallest absolute Gasteiger partial charge is 0.0959 e. The van der Waals surface area contributed by atoms with Crippen LogP contribution >= 0.6 is 11.3 Å². The predicted octanol–water partition coefficient (Wildman–Crippen LogP) is 3.30. The molecule has 1 aliphatic rings. The van der Waals surface area contributed by atoms with Crippen molar-refractivity contribution in [3.63, 3.8) is 0 Å². The summed E-state index contributed by atoms with van der Waals surface area (Å²) in [5.41, 5.74) is 1.44. The van der Waals surface area contributed by atoms with E-state index in [-0.39, 0.29) is 5.54 Å². The molecule has 2 nitrogen and oxygen atoms in total. The van der Waals surface area contributed by atoms with Gasteiger partial charge < -0.3 is 5.32 Å². The maximum atomic E-state index is 4.67. The lowest BCUT2D eigenvalue weighted by molar-refractivity contribution is 0.372. The van der Waals surface area contributed by atoms with E-state index in [4.69, 9.17) is 0 Å². The Morgan fingerprint density at radius 2 is 2.27 bits per heavy atom. The first-order valence-corrected chi connectivity index (χ1v) is 6.68. The van der Waals surface area contributed by atoms with Crippen molar-refractivity contribution >= 4 is 11.3 Å². The first-order valence-electron chi connectivity index (χ1n) is 5.80. The van der Waals surface area contributed by atoms with E-state index in [1.807, 2.05) is 11.3 Å². The van der Waals surface area contributed by atoms with Gasteiger partial charge in [-0.15, -0.1) is 11.3 Å². The second kappa shape index (κ2) is 4.22. The molecule has 2 rings (SSSR count). The van der Waals surface area contributed by atoms with Crippen molar-refractivity contribution < 1.29 is 0 Å². The minimum atomic E-state index is 0.226. The molecule has 3 heteroatoms. The standard InChI is InChI=1S/C12H20N2S/c1-4-12(2,3)13-7-10-8-15-11(14-10)9-5-6-9/h8-9,13H,4-7H2,1-3H3. The minimum Gasteiger partial charge on any atom is -0.306 e. The highest BCUT2D eigenvalue weighted by Crippen LogP contribution is 2.41. The van der Waals surface area contributed by atoms with Crippen LogP contribution in [0.1, 0.15) is 56.7 Å². The molecule has 1 saturated carbocycles. The van der Waals surface area contributed by atoms with E-state index in [0.717, 1.165) is 18.9 Å². The van der Waals surface area contributed by atoms with Crippen molar-refractivity contribution in [2.45, 2.75) is 58.0 Å². The molecule has 0 aliphatic heterocycles. The Hall–Kier alpha value is -0.410. The van der Waals surface area contributed by atoms with Crippen molar-refractivity contribution in [3.8, 4) is 0 Å². The van der Waals surface area contributed by atoms with Crippen LogP contribution in [0.5, 0.6) is 0 Å². The summed E-state index contributed by atoms with van der Waals surface area (Å²) in [6.07, 6.45) is 3.84. The predicted molar refractivity (Wildman–Crippen MR) is 65.3 cm³/mol. The SMILES string of the molecule is CCC(C)(C)NCc1csc(C2CC2)n1. The second-order valence-corrected chi connectivity index (χ2v) is 5.93. The highest BCUT2D eigenvalue weighted by Gasteiger charge is 2.26. The van der Waals surface area contributed by atoms with Crippen molar-refractivity contribution in [2.24, 2.45) is 0 Å². The normalized spacial score (nSPS) is 17.0. The first kappa shape index (κ1) is 11.1. The Kier molecular flexibility index (Phi) is 3.12. The van der Waals surface area contributed by atoms with E-state index in [2.05, 4.69) is 36.5 Å². The summed E-state index contributed by atoms with van der Waals surface area (Å²) in [4.78, 5) is 4.67. The van der Waals surface area contributed by atoms with Gasteiger partial charge in [0.15, 0.2) is 0 Å². The Bertz CT molecular complexity index is 326. The van der Waals surface area contributed by atoms with Gasteiger partial charge in [0.2, 0.25) is 0 Å². The van der Waals surface area contributed by atoms with Crippen LogP contribution in [0.3, 0.4) is 0 Å². The number of rotatable bonds is 5. The zero-order valence-corrected chi connectivity index (χ0v) is 10.7. The van der Waals surface area contributed by atoms with Crippen LogP contribution in [0.4, 0.5) is 0 Å². The van der Waals surface area contributed by atoms with Crippen LogP contribution in [0, 0.1) is 0 Å². The van der Waals surface area contributed by atoms with Crippen LogP contribution in [-0.2, 0) is 6.54 Å². The highest BCUT2D eigenvalue weighted by molar-refractivity contribution is 7.09. The molecule has 0 atom stereocenters. The van der Waals surface area contributed by atoms with E-state index in [1.165, 1.54) is 23.5 Å². The molecule has 0 spiro atoms. The number of hydrogen-bond donors (Lipinski definition) is 1. The van der Waals surface area contributed by atoms with Crippen molar-refractivity contribution in [1.82, 2.24) is 10.3 Å². The third-order valence-corrected chi connectivity index (χ3v) is 4.18. The van der Waals surface area contributed by atoms with Crippen LogP contribution in [0.15, 0.2) is 5.38 Å². The van der Waals surface area contributed by atoms with Crippen LogP contribution in [0.25, 0.3) is 0 Å². The van der Waals surface area contributed by atoms with Crippen LogP contribution in [-0.4, -0.2) is 10.5 Å². The summed E-state index contributed by atoms with van der Waals surface area (Å²) in [5.74, 6) is 0.794. The van der Waals surface area contributed by atoms with Crippen molar-refractivity contribution in [1.29, 1.82) is 0 Å². The summed E-state index contributed by atoms with van der Waals surface area (Å²) < 4.78 is 0. The molecular weight excluding hydrogens is 204 g/mol. The Balaban J connectivity index is 1.87. The van der Waals surface area contributed by atoms with Gasteiger partial charge in [0.1, 0.15) is 0 Å². The quantitative estimate of drug-likeness (QED) is 0.830. The molecule has 0 amide bonds. The summed E-state index contributed by atoms with van der Waals surface area (Å²) in [7, 11) is 0. The average Bonchev–Trinajstić information content (AvgIpc) is 2.96. The summed E-state index contributed by atoms with van der Waals surface area (Å²) in [6, 6.07) is 0. The van der Waals surface area contributed by atoms with E-state index in [1.54, 1.807) is 0 Å². The number of thiazole rings is 1. The third-order valence-electron chi connectivity index (χ3n) is 3.13. The van der Waals surface area contributed by atoms with Gasteiger partial charge in [-0.05, 0) is 33.1 Å². The average molecular weight is 224 g/mol. The molecule has 1 aromatic heterocycles. The van der Waals surface area contributed by atoms with E-state index >= 15 is 0 Å². The number of nitrogens with zero attached hydrogens (tertiary/aromatic N) is 1. The molecule has 84 valence electrons. The third kappa shape index (κ3) is 3.02. The molecule has 1 fully saturated rings. The fourth-order valence-corrected chi connectivity index (χ4v) is 2.37. The molecule has 0 bridgehead atoms. The molecule has 15 heavy (non-hydrogen) atoms. The Labute approximate surface area is 96.1 Å². The maximum Gasteiger partial charge on any atom is 0.0959 e. The molecule has 1 aliphatic carbocycles. The minimum absolute atomic E-state index is 0.226. The molecule has 0 unspecified atom stereocenters. The Morgan fingerprint density at radius 1 is 1.53 bits per heavy atom. The van der Waals surface area contributed by atoms with Gasteiger partial charge >= 0.3 is 0 Å². The maximum absolute atomic E-state index is 4.67. The van der Waals surface area contributed by atoms with Gasteiger partial charge in [-0.1, -0.05) is 6.92 Å². The lowest BCUT2D eigenvalue weighted by Gasteiger charge is -2.23. The highest BCUT2D eigenvalue weighted by atomic mass is 32.1.